The monoisotopic (exact) mass is 266 g/mol. The minimum absolute atomic E-state index is 0. The average molecular weight is 267 g/mol. The third kappa shape index (κ3) is 3.47. The van der Waals surface area contributed by atoms with Crippen LogP contribution >= 0.6 is 12.4 Å². The predicted molar refractivity (Wildman–Crippen MR) is 78.4 cm³/mol. The van der Waals surface area contributed by atoms with E-state index < -0.39 is 0 Å². The van der Waals surface area contributed by atoms with Gasteiger partial charge in [-0.1, -0.05) is 30.3 Å². The van der Waals surface area contributed by atoms with Crippen LogP contribution in [0.15, 0.2) is 30.3 Å². The summed E-state index contributed by atoms with van der Waals surface area (Å²) in [7, 11) is 0. The molecule has 0 amide bonds. The zero-order valence-electron chi connectivity index (χ0n) is 10.8. The van der Waals surface area contributed by atoms with Crippen LogP contribution in [0.3, 0.4) is 0 Å². The molecule has 100 valence electrons. The van der Waals surface area contributed by atoms with Crippen LogP contribution in [-0.4, -0.2) is 25.7 Å². The molecule has 0 aromatic heterocycles. The molecule has 1 aromatic rings. The summed E-state index contributed by atoms with van der Waals surface area (Å²) in [6, 6.07) is 11.7. The maximum absolute atomic E-state index is 3.75. The Morgan fingerprint density at radius 3 is 2.56 bits per heavy atom. The zero-order valence-corrected chi connectivity index (χ0v) is 11.6. The van der Waals surface area contributed by atoms with E-state index in [2.05, 4.69) is 41.0 Å². The van der Waals surface area contributed by atoms with E-state index >= 15 is 0 Å². The Bertz CT molecular complexity index is 349. The fourth-order valence-corrected chi connectivity index (χ4v) is 2.89. The molecule has 0 bridgehead atoms. The molecule has 1 saturated carbocycles. The van der Waals surface area contributed by atoms with Crippen LogP contribution in [0.5, 0.6) is 0 Å². The predicted octanol–water partition coefficient (Wildman–Crippen LogP) is 2.55. The Morgan fingerprint density at radius 2 is 1.83 bits per heavy atom. The van der Waals surface area contributed by atoms with Gasteiger partial charge < -0.3 is 10.6 Å². The van der Waals surface area contributed by atoms with Gasteiger partial charge in [-0.2, -0.15) is 0 Å². The third-order valence-corrected chi connectivity index (χ3v) is 4.15. The van der Waals surface area contributed by atoms with E-state index in [1.165, 1.54) is 44.5 Å². The lowest BCUT2D eigenvalue weighted by atomic mass is 9.98. The van der Waals surface area contributed by atoms with Gasteiger partial charge in [-0.25, -0.2) is 0 Å². The number of halogens is 1. The first-order valence-corrected chi connectivity index (χ1v) is 6.92. The van der Waals surface area contributed by atoms with E-state index in [1.54, 1.807) is 0 Å². The highest BCUT2D eigenvalue weighted by Gasteiger charge is 2.37. The fourth-order valence-electron chi connectivity index (χ4n) is 2.89. The fraction of sp³-hybridized carbons (Fsp3) is 0.600. The summed E-state index contributed by atoms with van der Waals surface area (Å²) in [6.07, 6.45) is 4.01. The van der Waals surface area contributed by atoms with E-state index in [1.807, 2.05) is 0 Å². The number of rotatable bonds is 4. The van der Waals surface area contributed by atoms with Gasteiger partial charge in [0.15, 0.2) is 0 Å². The van der Waals surface area contributed by atoms with Gasteiger partial charge in [-0.05, 0) is 50.4 Å². The molecule has 2 fully saturated rings. The largest absolute Gasteiger partial charge is 0.317 e. The van der Waals surface area contributed by atoms with Crippen molar-refractivity contribution in [3.05, 3.63) is 35.9 Å². The van der Waals surface area contributed by atoms with Gasteiger partial charge in [0.1, 0.15) is 0 Å². The van der Waals surface area contributed by atoms with Crippen molar-refractivity contribution in [2.45, 2.75) is 31.2 Å². The second-order valence-electron chi connectivity index (χ2n) is 5.46. The Labute approximate surface area is 116 Å². The summed E-state index contributed by atoms with van der Waals surface area (Å²) < 4.78 is 0. The number of benzene rings is 1. The molecule has 18 heavy (non-hydrogen) atoms. The normalized spacial score (nSPS) is 27.6. The van der Waals surface area contributed by atoms with Gasteiger partial charge >= 0.3 is 0 Å². The second kappa shape index (κ2) is 6.55. The van der Waals surface area contributed by atoms with Crippen LogP contribution < -0.4 is 10.6 Å². The van der Waals surface area contributed by atoms with Crippen LogP contribution in [0.25, 0.3) is 0 Å². The van der Waals surface area contributed by atoms with Crippen LogP contribution in [0.4, 0.5) is 0 Å². The van der Waals surface area contributed by atoms with Gasteiger partial charge in [0.2, 0.25) is 0 Å². The Balaban J connectivity index is 0.00000120. The highest BCUT2D eigenvalue weighted by molar-refractivity contribution is 5.85. The summed E-state index contributed by atoms with van der Waals surface area (Å²) in [4.78, 5) is 0. The highest BCUT2D eigenvalue weighted by Crippen LogP contribution is 2.40. The number of hydrogen-bond donors (Lipinski definition) is 2. The van der Waals surface area contributed by atoms with Crippen LogP contribution in [-0.2, 0) is 0 Å². The lowest BCUT2D eigenvalue weighted by molar-refractivity contribution is 0.355. The molecule has 2 N–H and O–H groups in total. The molecule has 2 unspecified atom stereocenters. The van der Waals surface area contributed by atoms with E-state index in [0.29, 0.717) is 0 Å². The molecule has 1 aliphatic heterocycles. The van der Waals surface area contributed by atoms with Crippen molar-refractivity contribution < 1.29 is 0 Å². The zero-order chi connectivity index (χ0) is 11.5. The van der Waals surface area contributed by atoms with Crippen molar-refractivity contribution in [2.24, 2.45) is 5.92 Å². The molecule has 1 heterocycles. The molecule has 2 atom stereocenters. The summed E-state index contributed by atoms with van der Waals surface area (Å²) in [6.45, 7) is 3.63. The van der Waals surface area contributed by atoms with E-state index in [-0.39, 0.29) is 12.4 Å². The van der Waals surface area contributed by atoms with Crippen LogP contribution in [0, 0.1) is 5.92 Å². The Morgan fingerprint density at radius 1 is 1.11 bits per heavy atom. The highest BCUT2D eigenvalue weighted by atomic mass is 35.5. The lowest BCUT2D eigenvalue weighted by Gasteiger charge is -2.22. The SMILES string of the molecule is Cl.c1ccc(C2CC2NCC2CCNCC2)cc1. The molecule has 0 radical (unpaired) electrons. The second-order valence-corrected chi connectivity index (χ2v) is 5.46. The van der Waals surface area contributed by atoms with Gasteiger partial charge in [-0.15, -0.1) is 12.4 Å². The van der Waals surface area contributed by atoms with Gasteiger partial charge in [0.05, 0.1) is 0 Å². The summed E-state index contributed by atoms with van der Waals surface area (Å²) in [5, 5.41) is 7.17. The summed E-state index contributed by atoms with van der Waals surface area (Å²) in [5.74, 6) is 1.67. The topological polar surface area (TPSA) is 24.1 Å². The van der Waals surface area contributed by atoms with Gasteiger partial charge in [0.25, 0.3) is 0 Å². The number of nitrogens with one attached hydrogen (secondary N) is 2. The van der Waals surface area contributed by atoms with Crippen molar-refractivity contribution in [1.29, 1.82) is 0 Å². The average Bonchev–Trinajstić information content (AvgIpc) is 3.18. The van der Waals surface area contributed by atoms with Crippen molar-refractivity contribution in [1.82, 2.24) is 10.6 Å². The summed E-state index contributed by atoms with van der Waals surface area (Å²) in [5.41, 5.74) is 1.51. The summed E-state index contributed by atoms with van der Waals surface area (Å²) >= 11 is 0. The molecule has 3 heteroatoms. The van der Waals surface area contributed by atoms with Crippen molar-refractivity contribution in [3.8, 4) is 0 Å². The van der Waals surface area contributed by atoms with Crippen LogP contribution in [0.1, 0.15) is 30.7 Å². The molecule has 2 aliphatic rings. The Kier molecular flexibility index (Phi) is 5.04. The maximum atomic E-state index is 3.75. The number of piperidine rings is 1. The maximum Gasteiger partial charge on any atom is 0.0143 e. The van der Waals surface area contributed by atoms with E-state index in [9.17, 15) is 0 Å². The lowest BCUT2D eigenvalue weighted by Crippen LogP contribution is -2.34. The first-order chi connectivity index (χ1) is 8.43. The minimum atomic E-state index is 0. The van der Waals surface area contributed by atoms with Gasteiger partial charge in [-0.3, -0.25) is 0 Å². The third-order valence-electron chi connectivity index (χ3n) is 4.15. The first-order valence-electron chi connectivity index (χ1n) is 6.92. The molecular weight excluding hydrogens is 244 g/mol. The van der Waals surface area contributed by atoms with Crippen molar-refractivity contribution >= 4 is 12.4 Å². The molecule has 1 saturated heterocycles. The molecule has 3 rings (SSSR count). The van der Waals surface area contributed by atoms with Crippen molar-refractivity contribution in [2.75, 3.05) is 19.6 Å². The van der Waals surface area contributed by atoms with Gasteiger partial charge in [0, 0.05) is 12.0 Å². The minimum Gasteiger partial charge on any atom is -0.317 e. The molecule has 1 aliphatic carbocycles. The van der Waals surface area contributed by atoms with E-state index in [4.69, 9.17) is 0 Å². The smallest absolute Gasteiger partial charge is 0.0143 e. The van der Waals surface area contributed by atoms with E-state index in [0.717, 1.165) is 17.9 Å². The molecular formula is C15H23ClN2. The standard InChI is InChI=1S/C15H22N2.ClH/c1-2-4-13(5-3-1)14-10-15(14)17-11-12-6-8-16-9-7-12;/h1-5,12,14-17H,6-11H2;1H. The molecule has 1 aromatic carbocycles. The first kappa shape index (κ1) is 13.9. The number of hydrogen-bond acceptors (Lipinski definition) is 2. The quantitative estimate of drug-likeness (QED) is 0.875. The molecule has 0 spiro atoms. The molecule has 2 nitrogen and oxygen atoms in total. The van der Waals surface area contributed by atoms with Crippen LogP contribution in [0.2, 0.25) is 0 Å². The Hall–Kier alpha value is -0.570. The van der Waals surface area contributed by atoms with Crippen molar-refractivity contribution in [3.63, 3.8) is 0 Å².